The normalized spacial score (nSPS) is 18.2. The number of ether oxygens (including phenoxy) is 1. The van der Waals surface area contributed by atoms with Crippen LogP contribution in [0.1, 0.15) is 31.7 Å². The number of methoxy groups -OCH3 is 1. The summed E-state index contributed by atoms with van der Waals surface area (Å²) < 4.78 is 5.12. The molecule has 1 heterocycles. The second kappa shape index (κ2) is 10.1. The number of aliphatic imine (C=N–C) groups is 1. The van der Waals surface area contributed by atoms with Crippen LogP contribution in [0.2, 0.25) is 0 Å². The van der Waals surface area contributed by atoms with Crippen LogP contribution in [0.25, 0.3) is 0 Å². The Hall–Kier alpha value is -2.02. The largest absolute Gasteiger partial charge is 0.497 e. The summed E-state index contributed by atoms with van der Waals surface area (Å²) >= 11 is 1.35. The van der Waals surface area contributed by atoms with Crippen molar-refractivity contribution in [2.24, 2.45) is 4.99 Å². The fourth-order valence-electron chi connectivity index (χ4n) is 2.33. The summed E-state index contributed by atoms with van der Waals surface area (Å²) in [6, 6.07) is 7.75. The van der Waals surface area contributed by atoms with Crippen LogP contribution in [0, 0.1) is 0 Å². The molecule has 1 fully saturated rings. The second-order valence-corrected chi connectivity index (χ2v) is 6.98. The van der Waals surface area contributed by atoms with Gasteiger partial charge in [0.05, 0.1) is 7.11 Å². The monoisotopic (exact) mass is 363 g/mol. The Morgan fingerprint density at radius 1 is 1.36 bits per heavy atom. The highest BCUT2D eigenvalue weighted by Crippen LogP contribution is 2.22. The van der Waals surface area contributed by atoms with Gasteiger partial charge >= 0.3 is 0 Å². The highest BCUT2D eigenvalue weighted by molar-refractivity contribution is 8.15. The van der Waals surface area contributed by atoms with E-state index in [4.69, 9.17) is 4.74 Å². The standard InChI is InChI=1S/C18H25N3O3S/c1-3-4-10-20-18-21-17(23)15(25-18)12-16(22)19-11-9-13-5-7-14(24-2)8-6-13/h5-8,15H,3-4,9-12H2,1-2H3,(H,19,22)(H,20,21,23)/t15-/m0/s1. The Labute approximate surface area is 152 Å². The summed E-state index contributed by atoms with van der Waals surface area (Å²) in [7, 11) is 1.63. The number of hydrogen-bond acceptors (Lipinski definition) is 5. The topological polar surface area (TPSA) is 79.8 Å². The highest BCUT2D eigenvalue weighted by atomic mass is 32.2. The first-order valence-electron chi connectivity index (χ1n) is 8.54. The number of amidine groups is 1. The van der Waals surface area contributed by atoms with Crippen LogP contribution in [0.4, 0.5) is 0 Å². The van der Waals surface area contributed by atoms with E-state index in [0.29, 0.717) is 18.3 Å². The molecule has 1 aliphatic rings. The Balaban J connectivity index is 1.71. The summed E-state index contributed by atoms with van der Waals surface area (Å²) in [5.74, 6) is 0.565. The molecule has 6 nitrogen and oxygen atoms in total. The number of rotatable bonds is 9. The van der Waals surface area contributed by atoms with E-state index >= 15 is 0 Å². The average Bonchev–Trinajstić information content (AvgIpc) is 2.95. The summed E-state index contributed by atoms with van der Waals surface area (Å²) in [5.41, 5.74) is 1.12. The lowest BCUT2D eigenvalue weighted by Gasteiger charge is -2.08. The van der Waals surface area contributed by atoms with Crippen LogP contribution in [0.15, 0.2) is 29.3 Å². The van der Waals surface area contributed by atoms with Crippen molar-refractivity contribution in [3.8, 4) is 5.75 Å². The van der Waals surface area contributed by atoms with Crippen LogP contribution >= 0.6 is 11.8 Å². The third-order valence-electron chi connectivity index (χ3n) is 3.81. The van der Waals surface area contributed by atoms with Gasteiger partial charge in [-0.25, -0.2) is 0 Å². The van der Waals surface area contributed by atoms with Gasteiger partial charge in [-0.15, -0.1) is 0 Å². The number of nitrogens with zero attached hydrogens (tertiary/aromatic N) is 1. The molecule has 1 saturated heterocycles. The lowest BCUT2D eigenvalue weighted by molar-refractivity contribution is -0.125. The number of amides is 2. The third kappa shape index (κ3) is 6.42. The number of benzene rings is 1. The molecule has 0 saturated carbocycles. The Bertz CT molecular complexity index is 616. The van der Waals surface area contributed by atoms with Crippen molar-refractivity contribution in [2.45, 2.75) is 37.9 Å². The molecule has 0 unspecified atom stereocenters. The van der Waals surface area contributed by atoms with E-state index in [1.165, 1.54) is 11.8 Å². The van der Waals surface area contributed by atoms with Gasteiger partial charge in [-0.2, -0.15) is 0 Å². The number of carbonyl (C=O) groups excluding carboxylic acids is 2. The fourth-order valence-corrected chi connectivity index (χ4v) is 3.33. The first-order valence-corrected chi connectivity index (χ1v) is 9.42. The third-order valence-corrected chi connectivity index (χ3v) is 4.93. The van der Waals surface area contributed by atoms with Gasteiger partial charge in [0.1, 0.15) is 11.0 Å². The zero-order valence-electron chi connectivity index (χ0n) is 14.7. The number of carbonyl (C=O) groups is 2. The number of thioether (sulfide) groups is 1. The van der Waals surface area contributed by atoms with Crippen molar-refractivity contribution >= 4 is 28.7 Å². The van der Waals surface area contributed by atoms with E-state index in [1.54, 1.807) is 7.11 Å². The van der Waals surface area contributed by atoms with Crippen LogP contribution in [-0.2, 0) is 16.0 Å². The van der Waals surface area contributed by atoms with Gasteiger partial charge in [-0.1, -0.05) is 37.2 Å². The smallest absolute Gasteiger partial charge is 0.240 e. The fraction of sp³-hybridized carbons (Fsp3) is 0.500. The summed E-state index contributed by atoms with van der Waals surface area (Å²) in [4.78, 5) is 28.3. The summed E-state index contributed by atoms with van der Waals surface area (Å²) in [6.45, 7) is 3.35. The number of hydrogen-bond donors (Lipinski definition) is 2. The minimum atomic E-state index is -0.388. The maximum absolute atomic E-state index is 12.0. The Kier molecular flexibility index (Phi) is 7.78. The van der Waals surface area contributed by atoms with E-state index in [-0.39, 0.29) is 23.5 Å². The van der Waals surface area contributed by atoms with E-state index in [9.17, 15) is 9.59 Å². The Morgan fingerprint density at radius 3 is 2.80 bits per heavy atom. The van der Waals surface area contributed by atoms with Crippen LogP contribution in [0.5, 0.6) is 5.75 Å². The van der Waals surface area contributed by atoms with E-state index in [2.05, 4.69) is 22.5 Å². The molecule has 2 amide bonds. The van der Waals surface area contributed by atoms with Crippen LogP contribution in [-0.4, -0.2) is 42.4 Å². The van der Waals surface area contributed by atoms with Crippen molar-refractivity contribution in [3.63, 3.8) is 0 Å². The average molecular weight is 363 g/mol. The molecule has 7 heteroatoms. The lowest BCUT2D eigenvalue weighted by atomic mass is 10.1. The number of unbranched alkanes of at least 4 members (excludes halogenated alkanes) is 1. The second-order valence-electron chi connectivity index (χ2n) is 5.79. The van der Waals surface area contributed by atoms with Gasteiger partial charge in [0, 0.05) is 19.5 Å². The van der Waals surface area contributed by atoms with Crippen molar-refractivity contribution in [2.75, 3.05) is 20.2 Å². The molecule has 2 N–H and O–H groups in total. The highest BCUT2D eigenvalue weighted by Gasteiger charge is 2.31. The molecule has 2 rings (SSSR count). The van der Waals surface area contributed by atoms with Gasteiger partial charge < -0.3 is 15.4 Å². The zero-order chi connectivity index (χ0) is 18.1. The molecule has 136 valence electrons. The van der Waals surface area contributed by atoms with Gasteiger partial charge in [-0.05, 0) is 30.5 Å². The first kappa shape index (κ1) is 19.3. The predicted molar refractivity (Wildman–Crippen MR) is 101 cm³/mol. The molecule has 0 spiro atoms. The van der Waals surface area contributed by atoms with Crippen LogP contribution < -0.4 is 15.4 Å². The number of nitrogens with one attached hydrogen (secondary N) is 2. The van der Waals surface area contributed by atoms with Gasteiger partial charge in [0.15, 0.2) is 5.17 Å². The minimum absolute atomic E-state index is 0.115. The maximum atomic E-state index is 12.0. The molecule has 0 aliphatic carbocycles. The van der Waals surface area contributed by atoms with Gasteiger partial charge in [0.2, 0.25) is 11.8 Å². The molecule has 0 bridgehead atoms. The molecule has 0 radical (unpaired) electrons. The van der Waals surface area contributed by atoms with Crippen molar-refractivity contribution < 1.29 is 14.3 Å². The van der Waals surface area contributed by atoms with Gasteiger partial charge in [-0.3, -0.25) is 14.6 Å². The molecular formula is C18H25N3O3S. The van der Waals surface area contributed by atoms with Crippen molar-refractivity contribution in [1.82, 2.24) is 10.6 Å². The van der Waals surface area contributed by atoms with Crippen molar-refractivity contribution in [1.29, 1.82) is 0 Å². The van der Waals surface area contributed by atoms with Gasteiger partial charge in [0.25, 0.3) is 0 Å². The first-order chi connectivity index (χ1) is 12.1. The minimum Gasteiger partial charge on any atom is -0.497 e. The quantitative estimate of drug-likeness (QED) is 0.659. The molecule has 1 aromatic rings. The van der Waals surface area contributed by atoms with Crippen LogP contribution in [0.3, 0.4) is 0 Å². The summed E-state index contributed by atoms with van der Waals surface area (Å²) in [5, 5.41) is 5.86. The van der Waals surface area contributed by atoms with Crippen molar-refractivity contribution in [3.05, 3.63) is 29.8 Å². The van der Waals surface area contributed by atoms with E-state index in [1.807, 2.05) is 24.3 Å². The van der Waals surface area contributed by atoms with E-state index < -0.39 is 0 Å². The predicted octanol–water partition coefficient (Wildman–Crippen LogP) is 2.13. The summed E-state index contributed by atoms with van der Waals surface area (Å²) in [6.07, 6.45) is 2.97. The molecule has 25 heavy (non-hydrogen) atoms. The Morgan fingerprint density at radius 2 is 2.12 bits per heavy atom. The maximum Gasteiger partial charge on any atom is 0.240 e. The van der Waals surface area contributed by atoms with E-state index in [0.717, 1.165) is 30.6 Å². The molecule has 1 atom stereocenters. The SMILES string of the molecule is CCCCN=C1NC(=O)[C@H](CC(=O)NCCc2ccc(OC)cc2)S1. The molecule has 0 aromatic heterocycles. The zero-order valence-corrected chi connectivity index (χ0v) is 15.5. The molecule has 1 aromatic carbocycles. The molecule has 1 aliphatic heterocycles. The molecular weight excluding hydrogens is 338 g/mol. The lowest BCUT2D eigenvalue weighted by Crippen LogP contribution is -2.32.